The maximum absolute atomic E-state index is 4.81. The minimum atomic E-state index is 0.461. The van der Waals surface area contributed by atoms with Crippen LogP contribution in [0.15, 0.2) is 0 Å². The Balaban J connectivity index is 0. The maximum atomic E-state index is 4.81. The van der Waals surface area contributed by atoms with Crippen molar-refractivity contribution in [2.75, 3.05) is 13.7 Å². The monoisotopic (exact) mass is 149 g/mol. The van der Waals surface area contributed by atoms with Gasteiger partial charge in [-0.25, -0.2) is 0 Å². The SMILES string of the molecule is CC.CCOC(=S)NC. The molecule has 0 aromatic carbocycles. The number of hydrogen-bond donors (Lipinski definition) is 1. The molecule has 0 spiro atoms. The van der Waals surface area contributed by atoms with E-state index in [0.29, 0.717) is 11.8 Å². The number of ether oxygens (including phenoxy) is 1. The molecule has 0 amide bonds. The average Bonchev–Trinajstić information content (AvgIpc) is 1.93. The van der Waals surface area contributed by atoms with Gasteiger partial charge >= 0.3 is 0 Å². The minimum Gasteiger partial charge on any atom is -0.471 e. The van der Waals surface area contributed by atoms with Crippen molar-refractivity contribution in [1.29, 1.82) is 0 Å². The van der Waals surface area contributed by atoms with Crippen molar-refractivity contribution in [3.05, 3.63) is 0 Å². The van der Waals surface area contributed by atoms with E-state index < -0.39 is 0 Å². The van der Waals surface area contributed by atoms with Gasteiger partial charge in [-0.2, -0.15) is 0 Å². The Hall–Kier alpha value is -0.310. The lowest BCUT2D eigenvalue weighted by Crippen LogP contribution is -2.18. The van der Waals surface area contributed by atoms with E-state index in [1.165, 1.54) is 0 Å². The second-order valence-corrected chi connectivity index (χ2v) is 1.34. The molecule has 0 aromatic rings. The van der Waals surface area contributed by atoms with Crippen molar-refractivity contribution < 1.29 is 4.74 Å². The fourth-order valence-electron chi connectivity index (χ4n) is 0.203. The van der Waals surface area contributed by atoms with Crippen LogP contribution < -0.4 is 5.32 Å². The summed E-state index contributed by atoms with van der Waals surface area (Å²) in [6, 6.07) is 0. The summed E-state index contributed by atoms with van der Waals surface area (Å²) < 4.78 is 4.81. The lowest BCUT2D eigenvalue weighted by atomic mass is 10.9. The summed E-state index contributed by atoms with van der Waals surface area (Å²) in [5.41, 5.74) is 0. The number of hydrogen-bond acceptors (Lipinski definition) is 2. The van der Waals surface area contributed by atoms with Crippen LogP contribution in [0.4, 0.5) is 0 Å². The van der Waals surface area contributed by atoms with Gasteiger partial charge < -0.3 is 10.1 Å². The summed E-state index contributed by atoms with van der Waals surface area (Å²) in [6.07, 6.45) is 0. The Labute approximate surface area is 62.6 Å². The van der Waals surface area contributed by atoms with Gasteiger partial charge in [-0.3, -0.25) is 0 Å². The Morgan fingerprint density at radius 2 is 2.00 bits per heavy atom. The Kier molecular flexibility index (Phi) is 13.6. The highest BCUT2D eigenvalue weighted by molar-refractivity contribution is 7.80. The standard InChI is InChI=1S/C4H9NOS.C2H6/c1-3-6-4(7)5-2;1-2/h3H2,1-2H3,(H,5,7);1-2H3. The minimum absolute atomic E-state index is 0.461. The third-order valence-corrected chi connectivity index (χ3v) is 0.802. The van der Waals surface area contributed by atoms with Crippen molar-refractivity contribution >= 4 is 17.4 Å². The van der Waals surface area contributed by atoms with Crippen molar-refractivity contribution in [3.63, 3.8) is 0 Å². The van der Waals surface area contributed by atoms with E-state index in [2.05, 4.69) is 17.5 Å². The maximum Gasteiger partial charge on any atom is 0.256 e. The van der Waals surface area contributed by atoms with Crippen LogP contribution in [-0.2, 0) is 4.74 Å². The summed E-state index contributed by atoms with van der Waals surface area (Å²) in [5.74, 6) is 0. The molecule has 56 valence electrons. The molecule has 2 nitrogen and oxygen atoms in total. The molecule has 0 aliphatic carbocycles. The Bertz CT molecular complexity index is 66.1. The molecule has 0 rings (SSSR count). The van der Waals surface area contributed by atoms with Crippen molar-refractivity contribution in [3.8, 4) is 0 Å². The van der Waals surface area contributed by atoms with E-state index in [1.807, 2.05) is 20.8 Å². The third-order valence-electron chi connectivity index (χ3n) is 0.480. The van der Waals surface area contributed by atoms with E-state index in [9.17, 15) is 0 Å². The van der Waals surface area contributed by atoms with Gasteiger partial charge in [-0.1, -0.05) is 13.8 Å². The molecule has 0 heterocycles. The van der Waals surface area contributed by atoms with Gasteiger partial charge in [0.05, 0.1) is 6.61 Å². The molecule has 0 radical (unpaired) electrons. The van der Waals surface area contributed by atoms with Crippen LogP contribution in [0.1, 0.15) is 20.8 Å². The highest BCUT2D eigenvalue weighted by Gasteiger charge is 1.83. The van der Waals surface area contributed by atoms with Gasteiger partial charge in [0.1, 0.15) is 0 Å². The van der Waals surface area contributed by atoms with E-state index >= 15 is 0 Å². The van der Waals surface area contributed by atoms with Crippen LogP contribution in [0.2, 0.25) is 0 Å². The molecule has 3 heteroatoms. The fourth-order valence-corrected chi connectivity index (χ4v) is 0.321. The predicted molar refractivity (Wildman–Crippen MR) is 44.6 cm³/mol. The first-order valence-electron chi connectivity index (χ1n) is 3.15. The zero-order valence-electron chi connectivity index (χ0n) is 6.52. The van der Waals surface area contributed by atoms with Gasteiger partial charge in [0.15, 0.2) is 0 Å². The highest BCUT2D eigenvalue weighted by atomic mass is 32.1. The molecular formula is C6H15NOS. The number of nitrogens with one attached hydrogen (secondary N) is 1. The van der Waals surface area contributed by atoms with Gasteiger partial charge in [-0.15, -0.1) is 0 Å². The Morgan fingerprint density at radius 1 is 1.56 bits per heavy atom. The molecule has 0 atom stereocenters. The van der Waals surface area contributed by atoms with E-state index in [1.54, 1.807) is 7.05 Å². The van der Waals surface area contributed by atoms with Gasteiger partial charge in [0.2, 0.25) is 0 Å². The van der Waals surface area contributed by atoms with Crippen molar-refractivity contribution in [2.45, 2.75) is 20.8 Å². The number of rotatable bonds is 1. The second-order valence-electron chi connectivity index (χ2n) is 0.970. The molecule has 0 unspecified atom stereocenters. The summed E-state index contributed by atoms with van der Waals surface area (Å²) >= 11 is 4.62. The Morgan fingerprint density at radius 3 is 2.11 bits per heavy atom. The number of thiocarbonyl (C=S) groups is 1. The van der Waals surface area contributed by atoms with E-state index in [4.69, 9.17) is 4.74 Å². The third kappa shape index (κ3) is 11.3. The average molecular weight is 149 g/mol. The molecule has 0 fully saturated rings. The van der Waals surface area contributed by atoms with E-state index in [0.717, 1.165) is 0 Å². The van der Waals surface area contributed by atoms with Crippen LogP contribution in [-0.4, -0.2) is 18.8 Å². The summed E-state index contributed by atoms with van der Waals surface area (Å²) in [6.45, 7) is 6.53. The predicted octanol–water partition coefficient (Wildman–Crippen LogP) is 1.55. The lowest BCUT2D eigenvalue weighted by Gasteiger charge is -1.99. The van der Waals surface area contributed by atoms with Crippen molar-refractivity contribution in [2.24, 2.45) is 0 Å². The van der Waals surface area contributed by atoms with Gasteiger partial charge in [0, 0.05) is 7.05 Å². The van der Waals surface area contributed by atoms with Crippen LogP contribution in [0.25, 0.3) is 0 Å². The van der Waals surface area contributed by atoms with Crippen LogP contribution in [0, 0.1) is 0 Å². The van der Waals surface area contributed by atoms with Gasteiger partial charge in [0.25, 0.3) is 5.17 Å². The largest absolute Gasteiger partial charge is 0.471 e. The summed E-state index contributed by atoms with van der Waals surface area (Å²) in [7, 11) is 1.73. The van der Waals surface area contributed by atoms with Crippen LogP contribution in [0.3, 0.4) is 0 Å². The zero-order valence-corrected chi connectivity index (χ0v) is 7.34. The molecular weight excluding hydrogens is 134 g/mol. The van der Waals surface area contributed by atoms with Gasteiger partial charge in [-0.05, 0) is 19.1 Å². The highest BCUT2D eigenvalue weighted by Crippen LogP contribution is 1.72. The molecule has 0 bridgehead atoms. The van der Waals surface area contributed by atoms with E-state index in [-0.39, 0.29) is 0 Å². The summed E-state index contributed by atoms with van der Waals surface area (Å²) in [4.78, 5) is 0. The fraction of sp³-hybridized carbons (Fsp3) is 0.833. The van der Waals surface area contributed by atoms with Crippen LogP contribution in [0.5, 0.6) is 0 Å². The van der Waals surface area contributed by atoms with Crippen LogP contribution >= 0.6 is 12.2 Å². The molecule has 9 heavy (non-hydrogen) atoms. The first-order chi connectivity index (χ1) is 4.31. The molecule has 1 N–H and O–H groups in total. The topological polar surface area (TPSA) is 21.3 Å². The lowest BCUT2D eigenvalue weighted by molar-refractivity contribution is 0.323. The molecule has 0 saturated carbocycles. The first-order valence-corrected chi connectivity index (χ1v) is 3.56. The zero-order chi connectivity index (χ0) is 7.70. The first kappa shape index (κ1) is 11.5. The molecule has 0 aliphatic rings. The summed E-state index contributed by atoms with van der Waals surface area (Å²) in [5, 5.41) is 3.14. The molecule has 0 aliphatic heterocycles. The second kappa shape index (κ2) is 10.6. The smallest absolute Gasteiger partial charge is 0.256 e. The normalized spacial score (nSPS) is 6.67. The molecule has 0 aromatic heterocycles. The molecule has 0 saturated heterocycles. The van der Waals surface area contributed by atoms with Crippen molar-refractivity contribution in [1.82, 2.24) is 5.32 Å². The quantitative estimate of drug-likeness (QED) is 0.572.